The summed E-state index contributed by atoms with van der Waals surface area (Å²) in [6, 6.07) is 6.21. The molecule has 3 rings (SSSR count). The Morgan fingerprint density at radius 3 is 2.90 bits per heavy atom. The molecule has 1 saturated heterocycles. The highest BCUT2D eigenvalue weighted by Crippen LogP contribution is 2.27. The van der Waals surface area contributed by atoms with Crippen molar-refractivity contribution in [3.05, 3.63) is 35.4 Å². The zero-order valence-corrected chi connectivity index (χ0v) is 19.3. The van der Waals surface area contributed by atoms with Crippen LogP contribution < -0.4 is 10.2 Å². The van der Waals surface area contributed by atoms with Gasteiger partial charge in [-0.25, -0.2) is 9.97 Å². The SMILES string of the molecule is CCc1cc(N2CCCC[C@@H]2C)nc(SCc2ccc(C(=O)NCCN(C)C)o2)n1. The Kier molecular flexibility index (Phi) is 8.16. The van der Waals surface area contributed by atoms with E-state index in [1.807, 2.05) is 25.1 Å². The molecule has 0 unspecified atom stereocenters. The number of carbonyl (C=O) groups excluding carboxylic acids is 1. The Morgan fingerprint density at radius 2 is 2.17 bits per heavy atom. The number of likely N-dealkylation sites (N-methyl/N-ethyl adjacent to an activating group) is 1. The average Bonchev–Trinajstić information content (AvgIpc) is 3.21. The molecular formula is C22H33N5O2S. The van der Waals surface area contributed by atoms with Gasteiger partial charge in [0.2, 0.25) is 0 Å². The highest BCUT2D eigenvalue weighted by Gasteiger charge is 2.21. The molecule has 164 valence electrons. The molecule has 0 bridgehead atoms. The molecular weight excluding hydrogens is 398 g/mol. The summed E-state index contributed by atoms with van der Waals surface area (Å²) in [5.41, 5.74) is 1.06. The largest absolute Gasteiger partial charge is 0.455 e. The minimum absolute atomic E-state index is 0.182. The molecule has 0 radical (unpaired) electrons. The molecule has 1 amide bonds. The van der Waals surface area contributed by atoms with Gasteiger partial charge in [-0.15, -0.1) is 0 Å². The molecule has 1 atom stereocenters. The van der Waals surface area contributed by atoms with E-state index in [9.17, 15) is 4.79 Å². The maximum atomic E-state index is 12.2. The molecule has 2 aromatic rings. The number of nitrogens with zero attached hydrogens (tertiary/aromatic N) is 4. The fraction of sp³-hybridized carbons (Fsp3) is 0.591. The van der Waals surface area contributed by atoms with Crippen LogP contribution >= 0.6 is 11.8 Å². The number of carbonyl (C=O) groups is 1. The van der Waals surface area contributed by atoms with Crippen molar-refractivity contribution >= 4 is 23.5 Å². The molecule has 3 heterocycles. The van der Waals surface area contributed by atoms with Gasteiger partial charge in [0.05, 0.1) is 5.75 Å². The summed E-state index contributed by atoms with van der Waals surface area (Å²) in [6.45, 7) is 6.82. The van der Waals surface area contributed by atoms with E-state index in [0.29, 0.717) is 24.1 Å². The fourth-order valence-corrected chi connectivity index (χ4v) is 4.25. The Hall–Kier alpha value is -2.06. The van der Waals surface area contributed by atoms with E-state index in [4.69, 9.17) is 9.40 Å². The van der Waals surface area contributed by atoms with Gasteiger partial charge in [0.1, 0.15) is 11.6 Å². The minimum Gasteiger partial charge on any atom is -0.455 e. The highest BCUT2D eigenvalue weighted by molar-refractivity contribution is 7.98. The maximum Gasteiger partial charge on any atom is 0.287 e. The van der Waals surface area contributed by atoms with Crippen molar-refractivity contribution in [1.82, 2.24) is 20.2 Å². The van der Waals surface area contributed by atoms with Gasteiger partial charge in [-0.05, 0) is 58.8 Å². The normalized spacial score (nSPS) is 16.8. The van der Waals surface area contributed by atoms with Crippen LogP contribution in [0.15, 0.2) is 27.8 Å². The first kappa shape index (κ1) is 22.6. The summed E-state index contributed by atoms with van der Waals surface area (Å²) in [5.74, 6) is 2.52. The van der Waals surface area contributed by atoms with Crippen molar-refractivity contribution in [3.8, 4) is 0 Å². The maximum absolute atomic E-state index is 12.2. The first-order chi connectivity index (χ1) is 14.5. The first-order valence-electron chi connectivity index (χ1n) is 10.7. The second-order valence-electron chi connectivity index (χ2n) is 8.01. The van der Waals surface area contributed by atoms with Crippen LogP contribution in [-0.4, -0.2) is 60.5 Å². The predicted molar refractivity (Wildman–Crippen MR) is 121 cm³/mol. The van der Waals surface area contributed by atoms with Crippen molar-refractivity contribution in [2.24, 2.45) is 0 Å². The number of furan rings is 1. The summed E-state index contributed by atoms with van der Waals surface area (Å²) in [4.78, 5) is 26.1. The summed E-state index contributed by atoms with van der Waals surface area (Å²) in [5, 5.41) is 3.63. The lowest BCUT2D eigenvalue weighted by Gasteiger charge is -2.34. The smallest absolute Gasteiger partial charge is 0.287 e. The predicted octanol–water partition coefficient (Wildman–Crippen LogP) is 3.59. The molecule has 0 aromatic carbocycles. The number of rotatable bonds is 9. The van der Waals surface area contributed by atoms with Crippen LogP contribution in [-0.2, 0) is 12.2 Å². The Labute approximate surface area is 183 Å². The molecule has 8 heteroatoms. The molecule has 0 spiro atoms. The number of hydrogen-bond acceptors (Lipinski definition) is 7. The van der Waals surface area contributed by atoms with Crippen LogP contribution in [0.5, 0.6) is 0 Å². The topological polar surface area (TPSA) is 74.5 Å². The van der Waals surface area contributed by atoms with Gasteiger partial charge in [-0.2, -0.15) is 0 Å². The Balaban J connectivity index is 1.62. The van der Waals surface area contributed by atoms with E-state index in [1.165, 1.54) is 19.3 Å². The van der Waals surface area contributed by atoms with Gasteiger partial charge >= 0.3 is 0 Å². The molecule has 7 nitrogen and oxygen atoms in total. The number of thioether (sulfide) groups is 1. The van der Waals surface area contributed by atoms with Crippen molar-refractivity contribution in [1.29, 1.82) is 0 Å². The van der Waals surface area contributed by atoms with Crippen LogP contribution in [0.3, 0.4) is 0 Å². The van der Waals surface area contributed by atoms with E-state index >= 15 is 0 Å². The van der Waals surface area contributed by atoms with E-state index < -0.39 is 0 Å². The molecule has 1 aliphatic rings. The number of piperidine rings is 1. The van der Waals surface area contributed by atoms with E-state index in [-0.39, 0.29) is 5.91 Å². The van der Waals surface area contributed by atoms with Gasteiger partial charge < -0.3 is 19.5 Å². The molecule has 0 saturated carbocycles. The lowest BCUT2D eigenvalue weighted by atomic mass is 10.0. The molecule has 30 heavy (non-hydrogen) atoms. The third kappa shape index (κ3) is 6.22. The molecule has 0 aliphatic carbocycles. The summed E-state index contributed by atoms with van der Waals surface area (Å²) in [7, 11) is 3.95. The zero-order chi connectivity index (χ0) is 21.5. The van der Waals surface area contributed by atoms with Crippen LogP contribution in [0.25, 0.3) is 0 Å². The lowest BCUT2D eigenvalue weighted by Crippen LogP contribution is -2.38. The van der Waals surface area contributed by atoms with Crippen molar-refractivity contribution < 1.29 is 9.21 Å². The highest BCUT2D eigenvalue weighted by atomic mass is 32.2. The van der Waals surface area contributed by atoms with Crippen LogP contribution in [0.1, 0.15) is 55.1 Å². The summed E-state index contributed by atoms with van der Waals surface area (Å²) < 4.78 is 5.73. The van der Waals surface area contributed by atoms with Gasteiger partial charge in [0.15, 0.2) is 10.9 Å². The number of aromatic nitrogens is 2. The molecule has 1 N–H and O–H groups in total. The monoisotopic (exact) mass is 431 g/mol. The Morgan fingerprint density at radius 1 is 1.33 bits per heavy atom. The summed E-state index contributed by atoms with van der Waals surface area (Å²) >= 11 is 1.55. The lowest BCUT2D eigenvalue weighted by molar-refractivity contribution is 0.0922. The zero-order valence-electron chi connectivity index (χ0n) is 18.5. The number of nitrogens with one attached hydrogen (secondary N) is 1. The van der Waals surface area contributed by atoms with Crippen molar-refractivity contribution in [3.63, 3.8) is 0 Å². The van der Waals surface area contributed by atoms with E-state index in [0.717, 1.165) is 41.9 Å². The van der Waals surface area contributed by atoms with Crippen LogP contribution in [0.4, 0.5) is 5.82 Å². The third-order valence-electron chi connectivity index (χ3n) is 5.28. The average molecular weight is 432 g/mol. The van der Waals surface area contributed by atoms with Crippen LogP contribution in [0.2, 0.25) is 0 Å². The number of amides is 1. The first-order valence-corrected chi connectivity index (χ1v) is 11.7. The molecule has 1 fully saturated rings. The number of anilines is 1. The van der Waals surface area contributed by atoms with Crippen molar-refractivity contribution in [2.45, 2.75) is 56.5 Å². The summed E-state index contributed by atoms with van der Waals surface area (Å²) in [6.07, 6.45) is 4.58. The number of aryl methyl sites for hydroxylation is 1. The second kappa shape index (κ2) is 10.8. The van der Waals surface area contributed by atoms with Gasteiger partial charge in [0, 0.05) is 37.4 Å². The standard InChI is InChI=1S/C22H33N5O2S/c1-5-17-14-20(27-12-7-6-8-16(27)2)25-22(24-17)30-15-18-9-10-19(29-18)21(28)23-11-13-26(3)4/h9-10,14,16H,5-8,11-13,15H2,1-4H3,(H,23,28)/t16-/m0/s1. The van der Waals surface area contributed by atoms with Gasteiger partial charge in [0.25, 0.3) is 5.91 Å². The molecule has 2 aromatic heterocycles. The van der Waals surface area contributed by atoms with Crippen molar-refractivity contribution in [2.75, 3.05) is 38.6 Å². The quantitative estimate of drug-likeness (QED) is 0.480. The Bertz CT molecular complexity index is 839. The van der Waals surface area contributed by atoms with Crippen LogP contribution in [0, 0.1) is 0 Å². The number of hydrogen-bond donors (Lipinski definition) is 1. The van der Waals surface area contributed by atoms with E-state index in [1.54, 1.807) is 17.8 Å². The molecule has 1 aliphatic heterocycles. The second-order valence-corrected chi connectivity index (χ2v) is 8.95. The van der Waals surface area contributed by atoms with E-state index in [2.05, 4.69) is 35.1 Å². The minimum atomic E-state index is -0.182. The third-order valence-corrected chi connectivity index (χ3v) is 6.15. The van der Waals surface area contributed by atoms with Gasteiger partial charge in [-0.1, -0.05) is 18.7 Å². The fourth-order valence-electron chi connectivity index (χ4n) is 3.48. The van der Waals surface area contributed by atoms with Gasteiger partial charge in [-0.3, -0.25) is 4.79 Å².